The molecule has 2 amide bonds. The fourth-order valence-corrected chi connectivity index (χ4v) is 6.02. The summed E-state index contributed by atoms with van der Waals surface area (Å²) in [5, 5.41) is 0.693. The normalized spacial score (nSPS) is 24.2. The molecule has 0 bridgehead atoms. The molecule has 2 atom stereocenters. The molecule has 2 heterocycles. The van der Waals surface area contributed by atoms with E-state index < -0.39 is 21.9 Å². The lowest BCUT2D eigenvalue weighted by Crippen LogP contribution is -2.37. The van der Waals surface area contributed by atoms with Crippen LogP contribution in [0.15, 0.2) is 46.9 Å². The maximum absolute atomic E-state index is 13.2. The van der Waals surface area contributed by atoms with Crippen molar-refractivity contribution < 1.29 is 13.2 Å². The summed E-state index contributed by atoms with van der Waals surface area (Å²) in [5.41, 5.74) is 1.20. The highest BCUT2D eigenvalue weighted by Crippen LogP contribution is 2.39. The average Bonchev–Trinajstić information content (AvgIpc) is 3.00. The van der Waals surface area contributed by atoms with Gasteiger partial charge in [-0.2, -0.15) is 0 Å². The third-order valence-electron chi connectivity index (χ3n) is 4.66. The highest BCUT2D eigenvalue weighted by Gasteiger charge is 2.54. The molecule has 5 nitrogen and oxygen atoms in total. The zero-order chi connectivity index (χ0) is 18.6. The van der Waals surface area contributed by atoms with Crippen molar-refractivity contribution in [1.82, 2.24) is 0 Å². The summed E-state index contributed by atoms with van der Waals surface area (Å²) in [4.78, 5) is 16.3. The molecule has 26 heavy (non-hydrogen) atoms. The first kappa shape index (κ1) is 18.1. The van der Waals surface area contributed by atoms with Crippen molar-refractivity contribution in [1.29, 1.82) is 0 Å². The van der Waals surface area contributed by atoms with Crippen LogP contribution in [0.1, 0.15) is 0 Å². The molecule has 0 aromatic heterocycles. The minimum absolute atomic E-state index is 0.0582. The molecule has 0 spiro atoms. The largest absolute Gasteiger partial charge is 0.329 e. The quantitative estimate of drug-likeness (QED) is 0.606. The van der Waals surface area contributed by atoms with E-state index in [1.54, 1.807) is 35.2 Å². The molecular weight excluding hydrogens is 463 g/mol. The van der Waals surface area contributed by atoms with E-state index in [2.05, 4.69) is 15.9 Å². The van der Waals surface area contributed by atoms with Crippen LogP contribution in [0.5, 0.6) is 0 Å². The number of benzene rings is 2. The van der Waals surface area contributed by atoms with Gasteiger partial charge in [0.25, 0.3) is 0 Å². The number of urea groups is 1. The molecule has 2 aromatic carbocycles. The van der Waals surface area contributed by atoms with Crippen LogP contribution in [0.2, 0.25) is 10.0 Å². The summed E-state index contributed by atoms with van der Waals surface area (Å²) < 4.78 is 25.4. The predicted molar refractivity (Wildman–Crippen MR) is 107 cm³/mol. The first-order chi connectivity index (χ1) is 12.3. The van der Waals surface area contributed by atoms with Gasteiger partial charge in [-0.15, -0.1) is 0 Å². The Kier molecular flexibility index (Phi) is 4.46. The Morgan fingerprint density at radius 3 is 2.00 bits per heavy atom. The molecule has 136 valence electrons. The van der Waals surface area contributed by atoms with Crippen molar-refractivity contribution in [3.05, 3.63) is 57.0 Å². The van der Waals surface area contributed by atoms with Crippen LogP contribution < -0.4 is 9.80 Å². The number of nitrogens with zero attached hydrogens (tertiary/aromatic N) is 2. The fraction of sp³-hybridized carbons (Fsp3) is 0.235. The maximum Gasteiger partial charge on any atom is 0.329 e. The van der Waals surface area contributed by atoms with Crippen molar-refractivity contribution in [2.45, 2.75) is 12.1 Å². The molecule has 2 aliphatic heterocycles. The highest BCUT2D eigenvalue weighted by molar-refractivity contribution is 9.10. The van der Waals surface area contributed by atoms with Crippen molar-refractivity contribution in [2.24, 2.45) is 0 Å². The van der Waals surface area contributed by atoms with Gasteiger partial charge in [-0.1, -0.05) is 39.1 Å². The summed E-state index contributed by atoms with van der Waals surface area (Å²) in [5.74, 6) is -0.131. The predicted octanol–water partition coefficient (Wildman–Crippen LogP) is 4.37. The third-order valence-corrected chi connectivity index (χ3v) is 7.62. The van der Waals surface area contributed by atoms with E-state index in [1.165, 1.54) is 4.90 Å². The molecule has 2 saturated heterocycles. The smallest absolute Gasteiger partial charge is 0.288 e. The Hall–Kier alpha value is -1.28. The van der Waals surface area contributed by atoms with Crippen LogP contribution in [0.3, 0.4) is 0 Å². The van der Waals surface area contributed by atoms with Crippen LogP contribution in [0.25, 0.3) is 0 Å². The minimum atomic E-state index is -3.24. The van der Waals surface area contributed by atoms with E-state index >= 15 is 0 Å². The lowest BCUT2D eigenvalue weighted by molar-refractivity contribution is 0.255. The molecule has 0 N–H and O–H groups in total. The van der Waals surface area contributed by atoms with Gasteiger partial charge in [-0.05, 0) is 42.5 Å². The first-order valence-corrected chi connectivity index (χ1v) is 11.2. The van der Waals surface area contributed by atoms with Gasteiger partial charge < -0.3 is 0 Å². The summed E-state index contributed by atoms with van der Waals surface area (Å²) in [6.07, 6.45) is 0. The van der Waals surface area contributed by atoms with Gasteiger partial charge in [-0.25, -0.2) is 13.2 Å². The Labute approximate surface area is 169 Å². The number of sulfone groups is 1. The van der Waals surface area contributed by atoms with Gasteiger partial charge in [0.05, 0.1) is 33.6 Å². The van der Waals surface area contributed by atoms with E-state index in [0.717, 1.165) is 4.47 Å². The molecule has 9 heteroatoms. The number of anilines is 2. The maximum atomic E-state index is 13.2. The monoisotopic (exact) mass is 474 g/mol. The molecule has 4 rings (SSSR count). The second kappa shape index (κ2) is 6.41. The Morgan fingerprint density at radius 1 is 0.885 bits per heavy atom. The average molecular weight is 476 g/mol. The SMILES string of the molecule is O=C1N(c2ccc(Br)cc2)[C@@H]2CS(=O)(=O)C[C@@H]2N1c1ccc(Cl)c(Cl)c1. The number of hydrogen-bond acceptors (Lipinski definition) is 3. The zero-order valence-corrected chi connectivity index (χ0v) is 17.2. The van der Waals surface area contributed by atoms with Crippen molar-refractivity contribution in [3.8, 4) is 0 Å². The van der Waals surface area contributed by atoms with Crippen molar-refractivity contribution in [2.75, 3.05) is 21.3 Å². The number of carbonyl (C=O) groups excluding carboxylic acids is 1. The highest BCUT2D eigenvalue weighted by atomic mass is 79.9. The molecule has 2 aliphatic rings. The van der Waals surface area contributed by atoms with Crippen LogP contribution in [0, 0.1) is 0 Å². The van der Waals surface area contributed by atoms with E-state index in [4.69, 9.17) is 23.2 Å². The van der Waals surface area contributed by atoms with Gasteiger partial charge in [0, 0.05) is 15.8 Å². The van der Waals surface area contributed by atoms with Gasteiger partial charge in [0.1, 0.15) is 0 Å². The van der Waals surface area contributed by atoms with Crippen LogP contribution in [-0.2, 0) is 9.84 Å². The topological polar surface area (TPSA) is 57.7 Å². The Morgan fingerprint density at radius 2 is 1.42 bits per heavy atom. The number of halogens is 3. The lowest BCUT2D eigenvalue weighted by Gasteiger charge is -2.23. The second-order valence-corrected chi connectivity index (χ2v) is 10.2. The lowest BCUT2D eigenvalue weighted by atomic mass is 10.1. The number of amides is 2. The molecule has 2 aromatic rings. The Balaban J connectivity index is 1.81. The summed E-state index contributed by atoms with van der Waals surface area (Å²) in [6, 6.07) is 10.9. The van der Waals surface area contributed by atoms with Crippen LogP contribution in [0.4, 0.5) is 16.2 Å². The standard InChI is InChI=1S/C17H13BrCl2N2O3S/c18-10-1-3-11(4-2-10)21-15-8-26(24,25)9-16(15)22(17(21)23)12-5-6-13(19)14(20)7-12/h1-7,15-16H,8-9H2/t15-,16+/m1/s1. The molecule has 2 fully saturated rings. The van der Waals surface area contributed by atoms with Gasteiger partial charge >= 0.3 is 6.03 Å². The van der Waals surface area contributed by atoms with Crippen molar-refractivity contribution >= 4 is 66.4 Å². The fourth-order valence-electron chi connectivity index (χ4n) is 3.54. The first-order valence-electron chi connectivity index (χ1n) is 7.80. The van der Waals surface area contributed by atoms with Crippen LogP contribution >= 0.6 is 39.1 Å². The van der Waals surface area contributed by atoms with Gasteiger partial charge in [0.2, 0.25) is 0 Å². The molecule has 0 unspecified atom stereocenters. The second-order valence-electron chi connectivity index (χ2n) is 6.31. The van der Waals surface area contributed by atoms with Gasteiger partial charge in [0.15, 0.2) is 9.84 Å². The van der Waals surface area contributed by atoms with Gasteiger partial charge in [-0.3, -0.25) is 9.80 Å². The number of carbonyl (C=O) groups is 1. The summed E-state index contributed by atoms with van der Waals surface area (Å²) >= 11 is 15.4. The summed E-state index contributed by atoms with van der Waals surface area (Å²) in [6.45, 7) is 0. The zero-order valence-electron chi connectivity index (χ0n) is 13.3. The number of fused-ring (bicyclic) bond motifs is 1. The van der Waals surface area contributed by atoms with E-state index in [-0.39, 0.29) is 17.5 Å². The van der Waals surface area contributed by atoms with E-state index in [0.29, 0.717) is 21.4 Å². The van der Waals surface area contributed by atoms with E-state index in [1.807, 2.05) is 12.1 Å². The van der Waals surface area contributed by atoms with E-state index in [9.17, 15) is 13.2 Å². The molecule has 0 radical (unpaired) electrons. The summed E-state index contributed by atoms with van der Waals surface area (Å²) in [7, 11) is -3.24. The minimum Gasteiger partial charge on any atom is -0.288 e. The van der Waals surface area contributed by atoms with Crippen LogP contribution in [-0.4, -0.2) is 38.0 Å². The molecular formula is C17H13BrCl2N2O3S. The third kappa shape index (κ3) is 3.01. The molecule has 0 saturated carbocycles. The number of hydrogen-bond donors (Lipinski definition) is 0. The Bertz CT molecular complexity index is 998. The number of rotatable bonds is 2. The van der Waals surface area contributed by atoms with Crippen molar-refractivity contribution in [3.63, 3.8) is 0 Å². The molecule has 0 aliphatic carbocycles.